The second kappa shape index (κ2) is 4.98. The van der Waals surface area contributed by atoms with E-state index in [-0.39, 0.29) is 5.91 Å². The number of H-pyrrole nitrogens is 1. The number of aromatic amines is 1. The lowest BCUT2D eigenvalue weighted by Gasteiger charge is -2.27. The van der Waals surface area contributed by atoms with E-state index in [9.17, 15) is 4.79 Å². The molecule has 1 amide bonds. The second-order valence-corrected chi connectivity index (χ2v) is 5.77. The summed E-state index contributed by atoms with van der Waals surface area (Å²) in [7, 11) is 0. The number of aromatic nitrogens is 1. The number of piperazine rings is 1. The van der Waals surface area contributed by atoms with Crippen molar-refractivity contribution in [1.82, 2.24) is 15.2 Å². The van der Waals surface area contributed by atoms with E-state index in [1.54, 1.807) is 0 Å². The van der Waals surface area contributed by atoms with Gasteiger partial charge >= 0.3 is 0 Å². The van der Waals surface area contributed by atoms with Gasteiger partial charge in [0.05, 0.1) is 0 Å². The SMILES string of the molecule is Cc1c(C(=O)N2CCNCC2)[nH]c2cc(Br)ccc12. The summed E-state index contributed by atoms with van der Waals surface area (Å²) in [6.07, 6.45) is 0. The van der Waals surface area contributed by atoms with Crippen LogP contribution in [0.25, 0.3) is 10.9 Å². The molecule has 0 spiro atoms. The van der Waals surface area contributed by atoms with Crippen LogP contribution in [-0.2, 0) is 0 Å². The zero-order valence-electron chi connectivity index (χ0n) is 10.8. The van der Waals surface area contributed by atoms with Gasteiger partial charge < -0.3 is 15.2 Å². The largest absolute Gasteiger partial charge is 0.350 e. The van der Waals surface area contributed by atoms with Gasteiger partial charge in [0.25, 0.3) is 5.91 Å². The first-order valence-corrected chi connectivity index (χ1v) is 7.24. The Balaban J connectivity index is 2.00. The van der Waals surface area contributed by atoms with Gasteiger partial charge in [-0.1, -0.05) is 22.0 Å². The summed E-state index contributed by atoms with van der Waals surface area (Å²) in [5.74, 6) is 0.103. The van der Waals surface area contributed by atoms with E-state index < -0.39 is 0 Å². The molecule has 100 valence electrons. The first-order valence-electron chi connectivity index (χ1n) is 6.44. The highest BCUT2D eigenvalue weighted by molar-refractivity contribution is 9.10. The van der Waals surface area contributed by atoms with Crippen LogP contribution in [0.5, 0.6) is 0 Å². The first-order chi connectivity index (χ1) is 9.16. The third kappa shape index (κ3) is 2.28. The minimum atomic E-state index is 0.103. The molecule has 1 aromatic carbocycles. The number of amides is 1. The molecule has 2 aromatic rings. The number of halogens is 1. The monoisotopic (exact) mass is 321 g/mol. The fourth-order valence-electron chi connectivity index (χ4n) is 2.55. The molecule has 0 unspecified atom stereocenters. The smallest absolute Gasteiger partial charge is 0.270 e. The maximum absolute atomic E-state index is 12.5. The summed E-state index contributed by atoms with van der Waals surface area (Å²) in [5, 5.41) is 4.37. The van der Waals surface area contributed by atoms with Crippen molar-refractivity contribution in [2.24, 2.45) is 0 Å². The van der Waals surface area contributed by atoms with Gasteiger partial charge in [-0.2, -0.15) is 0 Å². The van der Waals surface area contributed by atoms with Crippen molar-refractivity contribution in [2.75, 3.05) is 26.2 Å². The Morgan fingerprint density at radius 1 is 1.32 bits per heavy atom. The summed E-state index contributed by atoms with van der Waals surface area (Å²) in [6.45, 7) is 5.30. The number of rotatable bonds is 1. The molecule has 2 N–H and O–H groups in total. The van der Waals surface area contributed by atoms with Gasteiger partial charge in [-0.25, -0.2) is 0 Å². The number of hydrogen-bond donors (Lipinski definition) is 2. The Kier molecular flexibility index (Phi) is 3.33. The lowest BCUT2D eigenvalue weighted by Crippen LogP contribution is -2.46. The minimum Gasteiger partial charge on any atom is -0.350 e. The van der Waals surface area contributed by atoms with E-state index >= 15 is 0 Å². The number of nitrogens with zero attached hydrogens (tertiary/aromatic N) is 1. The van der Waals surface area contributed by atoms with E-state index in [0.717, 1.165) is 52.8 Å². The second-order valence-electron chi connectivity index (χ2n) is 4.86. The van der Waals surface area contributed by atoms with Crippen LogP contribution in [-0.4, -0.2) is 42.0 Å². The maximum Gasteiger partial charge on any atom is 0.270 e. The number of aryl methyl sites for hydroxylation is 1. The zero-order chi connectivity index (χ0) is 13.4. The predicted octanol–water partition coefficient (Wildman–Crippen LogP) is 2.28. The van der Waals surface area contributed by atoms with Crippen molar-refractivity contribution < 1.29 is 4.79 Å². The van der Waals surface area contributed by atoms with E-state index in [2.05, 4.69) is 26.2 Å². The van der Waals surface area contributed by atoms with Crippen LogP contribution >= 0.6 is 15.9 Å². The molecular weight excluding hydrogens is 306 g/mol. The van der Waals surface area contributed by atoms with Crippen LogP contribution in [0, 0.1) is 6.92 Å². The Hall–Kier alpha value is -1.33. The molecule has 0 aliphatic carbocycles. The van der Waals surface area contributed by atoms with Gasteiger partial charge in [0.2, 0.25) is 0 Å². The van der Waals surface area contributed by atoms with Crippen molar-refractivity contribution in [3.63, 3.8) is 0 Å². The van der Waals surface area contributed by atoms with Gasteiger partial charge in [0, 0.05) is 41.6 Å². The molecule has 1 fully saturated rings. The Labute approximate surface area is 120 Å². The molecule has 1 saturated heterocycles. The van der Waals surface area contributed by atoms with Crippen molar-refractivity contribution >= 4 is 32.7 Å². The van der Waals surface area contributed by atoms with Crippen LogP contribution < -0.4 is 5.32 Å². The molecular formula is C14H16BrN3O. The lowest BCUT2D eigenvalue weighted by atomic mass is 10.1. The number of carbonyl (C=O) groups is 1. The first kappa shape index (κ1) is 12.7. The van der Waals surface area contributed by atoms with Crippen molar-refractivity contribution in [3.05, 3.63) is 33.9 Å². The average molecular weight is 322 g/mol. The summed E-state index contributed by atoms with van der Waals surface area (Å²) in [6, 6.07) is 6.05. The van der Waals surface area contributed by atoms with Crippen LogP contribution in [0.1, 0.15) is 16.1 Å². The number of nitrogens with one attached hydrogen (secondary N) is 2. The molecule has 1 aromatic heterocycles. The van der Waals surface area contributed by atoms with E-state index in [0.29, 0.717) is 0 Å². The maximum atomic E-state index is 12.5. The third-order valence-corrected chi connectivity index (χ3v) is 4.13. The normalized spacial score (nSPS) is 16.0. The average Bonchev–Trinajstić information content (AvgIpc) is 2.75. The molecule has 3 rings (SSSR count). The van der Waals surface area contributed by atoms with Gasteiger partial charge in [-0.3, -0.25) is 4.79 Å². The van der Waals surface area contributed by atoms with Gasteiger partial charge in [0.1, 0.15) is 5.69 Å². The molecule has 19 heavy (non-hydrogen) atoms. The van der Waals surface area contributed by atoms with Gasteiger partial charge in [0.15, 0.2) is 0 Å². The Morgan fingerprint density at radius 3 is 2.79 bits per heavy atom. The molecule has 2 heterocycles. The third-order valence-electron chi connectivity index (χ3n) is 3.64. The van der Waals surface area contributed by atoms with Crippen molar-refractivity contribution in [2.45, 2.75) is 6.92 Å². The van der Waals surface area contributed by atoms with E-state index in [1.165, 1.54) is 0 Å². The highest BCUT2D eigenvalue weighted by Crippen LogP contribution is 2.25. The molecule has 0 bridgehead atoms. The van der Waals surface area contributed by atoms with Crippen LogP contribution in [0.15, 0.2) is 22.7 Å². The van der Waals surface area contributed by atoms with Crippen LogP contribution in [0.2, 0.25) is 0 Å². The summed E-state index contributed by atoms with van der Waals surface area (Å²) >= 11 is 3.46. The molecule has 4 nitrogen and oxygen atoms in total. The number of fused-ring (bicyclic) bond motifs is 1. The van der Waals surface area contributed by atoms with Crippen molar-refractivity contribution in [3.8, 4) is 0 Å². The molecule has 1 aliphatic heterocycles. The molecule has 0 radical (unpaired) electrons. The van der Waals surface area contributed by atoms with Gasteiger partial charge in [-0.05, 0) is 24.6 Å². The fourth-order valence-corrected chi connectivity index (χ4v) is 2.91. The molecule has 1 aliphatic rings. The van der Waals surface area contributed by atoms with Gasteiger partial charge in [-0.15, -0.1) is 0 Å². The zero-order valence-corrected chi connectivity index (χ0v) is 12.4. The minimum absolute atomic E-state index is 0.103. The van der Waals surface area contributed by atoms with Crippen molar-refractivity contribution in [1.29, 1.82) is 0 Å². The summed E-state index contributed by atoms with van der Waals surface area (Å²) < 4.78 is 1.02. The lowest BCUT2D eigenvalue weighted by molar-refractivity contribution is 0.0730. The fraction of sp³-hybridized carbons (Fsp3) is 0.357. The van der Waals surface area contributed by atoms with E-state index in [4.69, 9.17) is 0 Å². The van der Waals surface area contributed by atoms with Crippen LogP contribution in [0.4, 0.5) is 0 Å². The van der Waals surface area contributed by atoms with E-state index in [1.807, 2.05) is 30.0 Å². The number of carbonyl (C=O) groups excluding carboxylic acids is 1. The predicted molar refractivity (Wildman–Crippen MR) is 79.5 cm³/mol. The number of benzene rings is 1. The standard InChI is InChI=1S/C14H16BrN3O/c1-9-11-3-2-10(15)8-12(11)17-13(9)14(19)18-6-4-16-5-7-18/h2-3,8,16-17H,4-7H2,1H3. The Bertz CT molecular complexity index is 629. The summed E-state index contributed by atoms with van der Waals surface area (Å²) in [4.78, 5) is 17.7. The van der Waals surface area contributed by atoms with Crippen LogP contribution in [0.3, 0.4) is 0 Å². The quantitative estimate of drug-likeness (QED) is 0.846. The molecule has 5 heteroatoms. The Morgan fingerprint density at radius 2 is 2.05 bits per heavy atom. The highest BCUT2D eigenvalue weighted by Gasteiger charge is 2.22. The highest BCUT2D eigenvalue weighted by atomic mass is 79.9. The topological polar surface area (TPSA) is 48.1 Å². The molecule has 0 saturated carbocycles. The number of hydrogen-bond acceptors (Lipinski definition) is 2. The molecule has 0 atom stereocenters. The summed E-state index contributed by atoms with van der Waals surface area (Å²) in [5.41, 5.74) is 2.76.